The summed E-state index contributed by atoms with van der Waals surface area (Å²) >= 11 is 5.98. The molecule has 0 N–H and O–H groups in total. The molecule has 0 radical (unpaired) electrons. The normalized spacial score (nSPS) is 21.5. The third-order valence-electron chi connectivity index (χ3n) is 8.06. The van der Waals surface area contributed by atoms with E-state index in [0.29, 0.717) is 42.9 Å². The molecule has 0 unspecified atom stereocenters. The Hall–Kier alpha value is -2.55. The molecule has 39 heavy (non-hydrogen) atoms. The summed E-state index contributed by atoms with van der Waals surface area (Å²) in [5.74, 6) is 0.425. The highest BCUT2D eigenvalue weighted by molar-refractivity contribution is 7.92. The van der Waals surface area contributed by atoms with Crippen molar-refractivity contribution in [3.8, 4) is 0 Å². The Kier molecular flexibility index (Phi) is 8.26. The lowest BCUT2D eigenvalue weighted by Gasteiger charge is -2.45. The fourth-order valence-electron chi connectivity index (χ4n) is 6.17. The number of benzene rings is 3. The fraction of sp³-hybridized carbons (Fsp3) is 0.400. The van der Waals surface area contributed by atoms with E-state index < -0.39 is 27.8 Å². The van der Waals surface area contributed by atoms with E-state index >= 15 is 0 Å². The maximum absolute atomic E-state index is 13.9. The molecule has 1 aliphatic heterocycles. The molecule has 0 spiro atoms. The van der Waals surface area contributed by atoms with Crippen LogP contribution < -0.4 is 4.31 Å². The third-order valence-corrected chi connectivity index (χ3v) is 10.2. The summed E-state index contributed by atoms with van der Waals surface area (Å²) in [6, 6.07) is 20.8. The quantitative estimate of drug-likeness (QED) is 0.301. The summed E-state index contributed by atoms with van der Waals surface area (Å²) in [6.45, 7) is 1.37. The molecule has 2 atom stereocenters. The van der Waals surface area contributed by atoms with Crippen LogP contribution in [-0.2, 0) is 16.2 Å². The standard InChI is InChI=1S/C30H32ClF3N2O2S/c31-24-13-15-27(16-14-24)39(37,38)36(26-10-6-9-23(21-26)30(32,33)34)25-17-19-35(20-18-25)29-12-5-4-11-28(29)22-7-2-1-3-8-22/h1-3,6-10,13-16,21,25,28-29H,4-5,11-12,17-20H2/t28-,29-/m1/s1. The number of likely N-dealkylation sites (tertiary alicyclic amines) is 1. The Labute approximate surface area is 233 Å². The van der Waals surface area contributed by atoms with Crippen molar-refractivity contribution in [2.24, 2.45) is 0 Å². The van der Waals surface area contributed by atoms with Gasteiger partial charge in [-0.2, -0.15) is 13.2 Å². The lowest BCUT2D eigenvalue weighted by Crippen LogP contribution is -2.51. The summed E-state index contributed by atoms with van der Waals surface area (Å²) in [5.41, 5.74) is 0.486. The second-order valence-corrected chi connectivity index (χ2v) is 12.7. The summed E-state index contributed by atoms with van der Waals surface area (Å²) in [6.07, 6.45) is 1.04. The molecule has 0 amide bonds. The Morgan fingerprint density at radius 2 is 1.49 bits per heavy atom. The molecular formula is C30H32ClF3N2O2S. The van der Waals surface area contributed by atoms with E-state index in [2.05, 4.69) is 29.2 Å². The van der Waals surface area contributed by atoms with E-state index in [0.717, 1.165) is 31.4 Å². The molecule has 1 heterocycles. The van der Waals surface area contributed by atoms with Crippen molar-refractivity contribution in [1.82, 2.24) is 4.90 Å². The van der Waals surface area contributed by atoms with Crippen LogP contribution in [0.3, 0.4) is 0 Å². The molecule has 2 aliphatic rings. The SMILES string of the molecule is O=S(=O)(c1ccc(Cl)cc1)N(c1cccc(C(F)(F)F)c1)C1CCN([C@@H]2CCCC[C@@H]2c2ccccc2)CC1. The van der Waals surface area contributed by atoms with Crippen molar-refractivity contribution in [3.05, 3.63) is 95.0 Å². The predicted octanol–water partition coefficient (Wildman–Crippen LogP) is 7.74. The minimum atomic E-state index is -4.58. The van der Waals surface area contributed by atoms with Crippen LogP contribution in [0.25, 0.3) is 0 Å². The monoisotopic (exact) mass is 576 g/mol. The molecule has 0 bridgehead atoms. The predicted molar refractivity (Wildman–Crippen MR) is 149 cm³/mol. The van der Waals surface area contributed by atoms with Crippen LogP contribution in [0.4, 0.5) is 18.9 Å². The summed E-state index contributed by atoms with van der Waals surface area (Å²) in [4.78, 5) is 2.47. The van der Waals surface area contributed by atoms with Gasteiger partial charge in [0.2, 0.25) is 0 Å². The van der Waals surface area contributed by atoms with Crippen LogP contribution in [0, 0.1) is 0 Å². The molecule has 1 saturated heterocycles. The Balaban J connectivity index is 1.43. The Morgan fingerprint density at radius 3 is 2.15 bits per heavy atom. The highest BCUT2D eigenvalue weighted by atomic mass is 35.5. The second-order valence-electron chi connectivity index (χ2n) is 10.4. The van der Waals surface area contributed by atoms with Gasteiger partial charge in [-0.05, 0) is 79.6 Å². The topological polar surface area (TPSA) is 40.6 Å². The highest BCUT2D eigenvalue weighted by Crippen LogP contribution is 2.39. The van der Waals surface area contributed by atoms with Gasteiger partial charge in [0.15, 0.2) is 0 Å². The smallest absolute Gasteiger partial charge is 0.300 e. The number of hydrogen-bond donors (Lipinski definition) is 0. The van der Waals surface area contributed by atoms with Crippen molar-refractivity contribution in [3.63, 3.8) is 0 Å². The van der Waals surface area contributed by atoms with Gasteiger partial charge in [0.05, 0.1) is 16.1 Å². The molecule has 3 aromatic carbocycles. The summed E-state index contributed by atoms with van der Waals surface area (Å²) < 4.78 is 69.8. The fourth-order valence-corrected chi connectivity index (χ4v) is 8.00. The van der Waals surface area contributed by atoms with E-state index in [1.807, 2.05) is 6.07 Å². The van der Waals surface area contributed by atoms with Crippen molar-refractivity contribution in [2.45, 2.75) is 67.6 Å². The maximum Gasteiger partial charge on any atom is 0.416 e. The van der Waals surface area contributed by atoms with Gasteiger partial charge < -0.3 is 0 Å². The molecule has 1 aliphatic carbocycles. The van der Waals surface area contributed by atoms with Gasteiger partial charge in [-0.3, -0.25) is 9.21 Å². The van der Waals surface area contributed by atoms with Crippen LogP contribution >= 0.6 is 11.6 Å². The Morgan fingerprint density at radius 1 is 0.821 bits per heavy atom. The molecule has 1 saturated carbocycles. The summed E-state index contributed by atoms with van der Waals surface area (Å²) in [7, 11) is -4.14. The van der Waals surface area contributed by atoms with E-state index in [4.69, 9.17) is 11.6 Å². The first-order valence-electron chi connectivity index (χ1n) is 13.4. The molecule has 9 heteroatoms. The largest absolute Gasteiger partial charge is 0.416 e. The van der Waals surface area contributed by atoms with Crippen LogP contribution in [0.5, 0.6) is 0 Å². The molecule has 2 fully saturated rings. The number of hydrogen-bond acceptors (Lipinski definition) is 3. The van der Waals surface area contributed by atoms with Gasteiger partial charge in [-0.15, -0.1) is 0 Å². The number of halogens is 4. The first-order valence-corrected chi connectivity index (χ1v) is 15.2. The zero-order valence-corrected chi connectivity index (χ0v) is 23.1. The number of sulfonamides is 1. The maximum atomic E-state index is 13.9. The molecule has 5 rings (SSSR count). The lowest BCUT2D eigenvalue weighted by atomic mass is 9.78. The highest BCUT2D eigenvalue weighted by Gasteiger charge is 2.39. The van der Waals surface area contributed by atoms with Crippen molar-refractivity contribution in [1.29, 1.82) is 0 Å². The van der Waals surface area contributed by atoms with Gasteiger partial charge >= 0.3 is 6.18 Å². The third kappa shape index (κ3) is 6.13. The van der Waals surface area contributed by atoms with Gasteiger partial charge in [-0.1, -0.05) is 60.8 Å². The molecular weight excluding hydrogens is 545 g/mol. The molecule has 208 valence electrons. The van der Waals surface area contributed by atoms with Gasteiger partial charge in [-0.25, -0.2) is 8.42 Å². The lowest BCUT2D eigenvalue weighted by molar-refractivity contribution is -0.137. The second kappa shape index (κ2) is 11.5. The molecule has 4 nitrogen and oxygen atoms in total. The zero-order chi connectivity index (χ0) is 27.6. The van der Waals surface area contributed by atoms with Gasteiger partial charge in [0.1, 0.15) is 0 Å². The zero-order valence-electron chi connectivity index (χ0n) is 21.5. The van der Waals surface area contributed by atoms with E-state index in [9.17, 15) is 21.6 Å². The number of anilines is 1. The first-order chi connectivity index (χ1) is 18.6. The minimum Gasteiger partial charge on any atom is -0.300 e. The average molecular weight is 577 g/mol. The number of nitrogens with zero attached hydrogens (tertiary/aromatic N) is 2. The van der Waals surface area contributed by atoms with Crippen LogP contribution in [0.1, 0.15) is 55.6 Å². The van der Waals surface area contributed by atoms with Crippen molar-refractivity contribution >= 4 is 27.3 Å². The van der Waals surface area contributed by atoms with E-state index in [1.165, 1.54) is 52.7 Å². The van der Waals surface area contributed by atoms with Crippen molar-refractivity contribution in [2.75, 3.05) is 17.4 Å². The summed E-state index contributed by atoms with van der Waals surface area (Å²) in [5, 5.41) is 0.383. The first kappa shape index (κ1) is 28.0. The Bertz CT molecular complexity index is 1360. The minimum absolute atomic E-state index is 0.00293. The number of piperidine rings is 1. The number of rotatable bonds is 6. The average Bonchev–Trinajstić information content (AvgIpc) is 2.94. The molecule has 3 aromatic rings. The van der Waals surface area contributed by atoms with Crippen molar-refractivity contribution < 1.29 is 21.6 Å². The van der Waals surface area contributed by atoms with Crippen LogP contribution in [0.15, 0.2) is 83.8 Å². The van der Waals surface area contributed by atoms with Gasteiger partial charge in [0, 0.05) is 30.2 Å². The van der Waals surface area contributed by atoms with Crippen LogP contribution in [-0.4, -0.2) is 38.5 Å². The van der Waals surface area contributed by atoms with Crippen LogP contribution in [0.2, 0.25) is 5.02 Å². The number of alkyl halides is 3. The van der Waals surface area contributed by atoms with E-state index in [1.54, 1.807) is 0 Å². The van der Waals surface area contributed by atoms with Gasteiger partial charge in [0.25, 0.3) is 10.0 Å². The van der Waals surface area contributed by atoms with E-state index in [-0.39, 0.29) is 10.6 Å². The molecule has 0 aromatic heterocycles.